The minimum absolute atomic E-state index is 0.0657. The first-order valence-electron chi connectivity index (χ1n) is 5.87. The van der Waals surface area contributed by atoms with Crippen molar-refractivity contribution in [3.63, 3.8) is 0 Å². The van der Waals surface area contributed by atoms with Gasteiger partial charge in [-0.1, -0.05) is 24.3 Å². The Hall–Kier alpha value is -1.85. The summed E-state index contributed by atoms with van der Waals surface area (Å²) in [4.78, 5) is 23.1. The summed E-state index contributed by atoms with van der Waals surface area (Å²) in [6.45, 7) is 0.0657. The SMILES string of the molecule is O=Cc1ccccc1[C@H]1CCCN1C(=O)C(F)(F)F. The van der Waals surface area contributed by atoms with Crippen LogP contribution in [0.4, 0.5) is 13.2 Å². The molecule has 1 saturated heterocycles. The van der Waals surface area contributed by atoms with Gasteiger partial charge in [-0.25, -0.2) is 0 Å². The van der Waals surface area contributed by atoms with Crippen LogP contribution in [-0.2, 0) is 4.79 Å². The summed E-state index contributed by atoms with van der Waals surface area (Å²) in [5, 5.41) is 0. The molecule has 0 bridgehead atoms. The largest absolute Gasteiger partial charge is 0.471 e. The van der Waals surface area contributed by atoms with Crippen molar-refractivity contribution in [2.24, 2.45) is 0 Å². The molecule has 3 nitrogen and oxygen atoms in total. The second-order valence-corrected chi connectivity index (χ2v) is 4.40. The first-order chi connectivity index (χ1) is 8.95. The lowest BCUT2D eigenvalue weighted by atomic mass is 9.99. The number of hydrogen-bond acceptors (Lipinski definition) is 2. The molecule has 0 N–H and O–H groups in total. The smallest absolute Gasteiger partial charge is 0.328 e. The molecule has 2 rings (SSSR count). The average Bonchev–Trinajstić information content (AvgIpc) is 2.85. The highest BCUT2D eigenvalue weighted by Crippen LogP contribution is 2.36. The fourth-order valence-corrected chi connectivity index (χ4v) is 2.42. The van der Waals surface area contributed by atoms with Crippen molar-refractivity contribution in [1.29, 1.82) is 0 Å². The topological polar surface area (TPSA) is 37.4 Å². The third-order valence-corrected chi connectivity index (χ3v) is 3.24. The van der Waals surface area contributed by atoms with Gasteiger partial charge in [0.25, 0.3) is 0 Å². The molecule has 1 heterocycles. The molecule has 19 heavy (non-hydrogen) atoms. The molecule has 0 spiro atoms. The highest BCUT2D eigenvalue weighted by molar-refractivity contribution is 5.83. The van der Waals surface area contributed by atoms with Crippen LogP contribution in [0.15, 0.2) is 24.3 Å². The van der Waals surface area contributed by atoms with Gasteiger partial charge in [0.15, 0.2) is 0 Å². The molecule has 0 aromatic heterocycles. The van der Waals surface area contributed by atoms with Crippen molar-refractivity contribution in [2.75, 3.05) is 6.54 Å². The summed E-state index contributed by atoms with van der Waals surface area (Å²) in [6.07, 6.45) is -3.34. The molecule has 1 aliphatic heterocycles. The van der Waals surface area contributed by atoms with Gasteiger partial charge in [0.2, 0.25) is 0 Å². The predicted molar refractivity (Wildman–Crippen MR) is 61.6 cm³/mol. The Kier molecular flexibility index (Phi) is 3.59. The Bertz CT molecular complexity index is 499. The molecule has 6 heteroatoms. The predicted octanol–water partition coefficient (Wildman–Crippen LogP) is 2.72. The van der Waals surface area contributed by atoms with Gasteiger partial charge >= 0.3 is 12.1 Å². The Balaban J connectivity index is 2.33. The molecule has 0 radical (unpaired) electrons. The van der Waals surface area contributed by atoms with Crippen LogP contribution in [-0.4, -0.2) is 29.8 Å². The third kappa shape index (κ3) is 2.62. The summed E-state index contributed by atoms with van der Waals surface area (Å²) in [5.74, 6) is -1.84. The number of carbonyl (C=O) groups excluding carboxylic acids is 2. The highest BCUT2D eigenvalue weighted by Gasteiger charge is 2.46. The first kappa shape index (κ1) is 13.6. The van der Waals surface area contributed by atoms with E-state index in [-0.39, 0.29) is 6.54 Å². The molecule has 1 aromatic rings. The van der Waals surface area contributed by atoms with Crippen molar-refractivity contribution >= 4 is 12.2 Å². The molecule has 1 atom stereocenters. The second-order valence-electron chi connectivity index (χ2n) is 4.40. The fourth-order valence-electron chi connectivity index (χ4n) is 2.42. The number of alkyl halides is 3. The van der Waals surface area contributed by atoms with Crippen molar-refractivity contribution in [3.05, 3.63) is 35.4 Å². The van der Waals surface area contributed by atoms with Crippen LogP contribution in [0.3, 0.4) is 0 Å². The Morgan fingerprint density at radius 2 is 2.00 bits per heavy atom. The minimum Gasteiger partial charge on any atom is -0.328 e. The van der Waals surface area contributed by atoms with Gasteiger partial charge in [0, 0.05) is 12.1 Å². The van der Waals surface area contributed by atoms with Crippen molar-refractivity contribution in [3.8, 4) is 0 Å². The average molecular weight is 271 g/mol. The van der Waals surface area contributed by atoms with Gasteiger partial charge in [-0.05, 0) is 18.4 Å². The number of aldehydes is 1. The molecule has 1 aliphatic rings. The van der Waals surface area contributed by atoms with Crippen LogP contribution in [0.2, 0.25) is 0 Å². The fraction of sp³-hybridized carbons (Fsp3) is 0.385. The maximum absolute atomic E-state index is 12.5. The number of nitrogens with zero attached hydrogens (tertiary/aromatic N) is 1. The molecule has 1 fully saturated rings. The zero-order valence-electron chi connectivity index (χ0n) is 9.98. The van der Waals surface area contributed by atoms with Gasteiger partial charge in [0.1, 0.15) is 6.29 Å². The molecule has 0 aliphatic carbocycles. The van der Waals surface area contributed by atoms with Crippen molar-refractivity contribution in [2.45, 2.75) is 25.1 Å². The van der Waals surface area contributed by atoms with Crippen LogP contribution in [0.1, 0.15) is 34.8 Å². The summed E-state index contributed by atoms with van der Waals surface area (Å²) >= 11 is 0. The number of halogens is 3. The van der Waals surface area contributed by atoms with E-state index in [9.17, 15) is 22.8 Å². The lowest BCUT2D eigenvalue weighted by molar-refractivity contribution is -0.186. The Morgan fingerprint density at radius 1 is 1.32 bits per heavy atom. The molecular formula is C13H12F3NO2. The first-order valence-corrected chi connectivity index (χ1v) is 5.87. The van der Waals surface area contributed by atoms with E-state index in [1.807, 2.05) is 0 Å². The number of carbonyl (C=O) groups is 2. The molecule has 102 valence electrons. The molecular weight excluding hydrogens is 259 g/mol. The second kappa shape index (κ2) is 5.03. The van der Waals surface area contributed by atoms with Gasteiger partial charge in [-0.15, -0.1) is 0 Å². The maximum Gasteiger partial charge on any atom is 0.471 e. The van der Waals surface area contributed by atoms with E-state index in [4.69, 9.17) is 0 Å². The lowest BCUT2D eigenvalue weighted by Crippen LogP contribution is -2.40. The van der Waals surface area contributed by atoms with Crippen LogP contribution >= 0.6 is 0 Å². The van der Waals surface area contributed by atoms with E-state index in [1.54, 1.807) is 18.2 Å². The quantitative estimate of drug-likeness (QED) is 0.776. The Labute approximate surface area is 108 Å². The number of amides is 1. The lowest BCUT2D eigenvalue weighted by Gasteiger charge is -2.26. The van der Waals surface area contributed by atoms with Crippen LogP contribution < -0.4 is 0 Å². The number of likely N-dealkylation sites (tertiary alicyclic amines) is 1. The zero-order valence-corrected chi connectivity index (χ0v) is 9.98. The third-order valence-electron chi connectivity index (χ3n) is 3.24. The maximum atomic E-state index is 12.5. The van der Waals surface area contributed by atoms with Crippen LogP contribution in [0.5, 0.6) is 0 Å². The number of benzene rings is 1. The standard InChI is InChI=1S/C13H12F3NO2/c14-13(15,16)12(19)17-7-3-6-11(17)10-5-2-1-4-9(10)8-18/h1-2,4-5,8,11H,3,6-7H2/t11-/m1/s1. The summed E-state index contributed by atoms with van der Waals surface area (Å²) in [6, 6.07) is 5.75. The Morgan fingerprint density at radius 3 is 2.63 bits per heavy atom. The van der Waals surface area contributed by atoms with E-state index in [0.29, 0.717) is 30.3 Å². The van der Waals surface area contributed by atoms with E-state index in [2.05, 4.69) is 0 Å². The minimum atomic E-state index is -4.88. The van der Waals surface area contributed by atoms with Gasteiger partial charge in [-0.2, -0.15) is 13.2 Å². The zero-order chi connectivity index (χ0) is 14.0. The summed E-state index contributed by atoms with van der Waals surface area (Å²) in [7, 11) is 0. The normalized spacial score (nSPS) is 19.5. The molecule has 0 saturated carbocycles. The summed E-state index contributed by atoms with van der Waals surface area (Å²) < 4.78 is 37.5. The van der Waals surface area contributed by atoms with E-state index in [0.717, 1.165) is 4.90 Å². The van der Waals surface area contributed by atoms with E-state index < -0.39 is 18.1 Å². The van der Waals surface area contributed by atoms with E-state index in [1.165, 1.54) is 6.07 Å². The van der Waals surface area contributed by atoms with Crippen LogP contribution in [0, 0.1) is 0 Å². The number of hydrogen-bond donors (Lipinski definition) is 0. The van der Waals surface area contributed by atoms with Gasteiger partial charge in [0.05, 0.1) is 6.04 Å². The molecule has 0 unspecified atom stereocenters. The van der Waals surface area contributed by atoms with Crippen LogP contribution in [0.25, 0.3) is 0 Å². The monoisotopic (exact) mass is 271 g/mol. The van der Waals surface area contributed by atoms with Crippen molar-refractivity contribution in [1.82, 2.24) is 4.90 Å². The van der Waals surface area contributed by atoms with Gasteiger partial charge in [-0.3, -0.25) is 9.59 Å². The molecule has 1 amide bonds. The molecule has 1 aromatic carbocycles. The highest BCUT2D eigenvalue weighted by atomic mass is 19.4. The van der Waals surface area contributed by atoms with E-state index >= 15 is 0 Å². The summed E-state index contributed by atoms with van der Waals surface area (Å²) in [5.41, 5.74) is 0.807. The number of rotatable bonds is 2. The van der Waals surface area contributed by atoms with Crippen molar-refractivity contribution < 1.29 is 22.8 Å². The van der Waals surface area contributed by atoms with Gasteiger partial charge < -0.3 is 4.90 Å².